The molecule has 1 aromatic heterocycles. The maximum absolute atomic E-state index is 12.6. The van der Waals surface area contributed by atoms with Crippen molar-refractivity contribution in [2.24, 2.45) is 0 Å². The molecule has 218 valence electrons. The fourth-order valence-corrected chi connectivity index (χ4v) is 6.78. The first-order chi connectivity index (χ1) is 20.5. The Kier molecular flexibility index (Phi) is 7.98. The fraction of sp³-hybridized carbons (Fsp3) is 0.455. The minimum absolute atomic E-state index is 0.117. The second-order valence-corrected chi connectivity index (χ2v) is 11.8. The molecule has 1 unspecified atom stereocenters. The highest BCUT2D eigenvalue weighted by Gasteiger charge is 2.34. The van der Waals surface area contributed by atoms with Crippen molar-refractivity contribution in [3.63, 3.8) is 0 Å². The lowest BCUT2D eigenvalue weighted by atomic mass is 10.0. The maximum Gasteiger partial charge on any atom is 0.246 e. The van der Waals surface area contributed by atoms with Crippen molar-refractivity contribution >= 4 is 34.1 Å². The molecule has 3 aliphatic heterocycles. The number of benzene rings is 2. The van der Waals surface area contributed by atoms with Crippen LogP contribution in [0.2, 0.25) is 0 Å². The molecule has 0 N–H and O–H groups in total. The van der Waals surface area contributed by atoms with Gasteiger partial charge in [-0.05, 0) is 50.9 Å². The monoisotopic (exact) mass is 564 g/mol. The summed E-state index contributed by atoms with van der Waals surface area (Å²) in [5.41, 5.74) is 3.50. The number of hydrogen-bond donors (Lipinski definition) is 0. The van der Waals surface area contributed by atoms with Crippen molar-refractivity contribution in [2.45, 2.75) is 44.3 Å². The minimum Gasteiger partial charge on any atom is -0.365 e. The van der Waals surface area contributed by atoms with E-state index in [1.54, 1.807) is 4.90 Å². The number of likely N-dealkylation sites (N-methyl/N-ethyl adjacent to an activating group) is 1. The van der Waals surface area contributed by atoms with Gasteiger partial charge in [0.25, 0.3) is 0 Å². The lowest BCUT2D eigenvalue weighted by molar-refractivity contribution is -0.128. The molecule has 0 bridgehead atoms. The van der Waals surface area contributed by atoms with Gasteiger partial charge in [0, 0.05) is 61.9 Å². The average Bonchev–Trinajstić information content (AvgIpc) is 3.03. The highest BCUT2D eigenvalue weighted by molar-refractivity contribution is 5.94. The van der Waals surface area contributed by atoms with E-state index in [2.05, 4.69) is 88.8 Å². The normalized spacial score (nSPS) is 20.9. The Morgan fingerprint density at radius 3 is 2.69 bits per heavy atom. The lowest BCUT2D eigenvalue weighted by Gasteiger charge is -2.43. The van der Waals surface area contributed by atoms with Gasteiger partial charge in [-0.25, -0.2) is 4.98 Å². The number of rotatable bonds is 6. The van der Waals surface area contributed by atoms with Crippen LogP contribution in [0.3, 0.4) is 0 Å². The number of amides is 1. The highest BCUT2D eigenvalue weighted by Crippen LogP contribution is 2.35. The molecule has 9 nitrogen and oxygen atoms in total. The van der Waals surface area contributed by atoms with E-state index in [1.165, 1.54) is 34.5 Å². The van der Waals surface area contributed by atoms with E-state index in [9.17, 15) is 10.1 Å². The molecule has 0 saturated carbocycles. The third kappa shape index (κ3) is 5.39. The van der Waals surface area contributed by atoms with E-state index >= 15 is 0 Å². The number of piperidine rings is 1. The van der Waals surface area contributed by atoms with Crippen LogP contribution in [0.5, 0.6) is 0 Å². The molecular weight excluding hydrogens is 524 g/mol. The molecule has 3 aromatic rings. The second kappa shape index (κ2) is 12.0. The van der Waals surface area contributed by atoms with Crippen LogP contribution in [-0.2, 0) is 17.8 Å². The van der Waals surface area contributed by atoms with Gasteiger partial charge in [0.05, 0.1) is 30.8 Å². The van der Waals surface area contributed by atoms with Gasteiger partial charge < -0.3 is 24.5 Å². The Morgan fingerprint density at radius 1 is 1.05 bits per heavy atom. The van der Waals surface area contributed by atoms with Crippen LogP contribution in [0.4, 0.5) is 17.5 Å². The zero-order valence-electron chi connectivity index (χ0n) is 24.7. The maximum atomic E-state index is 12.6. The quantitative estimate of drug-likeness (QED) is 0.418. The summed E-state index contributed by atoms with van der Waals surface area (Å²) in [4.78, 5) is 34.3. The molecule has 42 heavy (non-hydrogen) atoms. The summed E-state index contributed by atoms with van der Waals surface area (Å²) in [6, 6.07) is 17.6. The Labute approximate surface area is 248 Å². The van der Waals surface area contributed by atoms with Crippen LogP contribution in [0.25, 0.3) is 10.8 Å². The highest BCUT2D eigenvalue weighted by atomic mass is 16.2. The number of nitriles is 1. The van der Waals surface area contributed by atoms with Crippen LogP contribution < -0.4 is 14.7 Å². The molecule has 2 aromatic carbocycles. The van der Waals surface area contributed by atoms with Gasteiger partial charge in [-0.15, -0.1) is 0 Å². The third-order valence-corrected chi connectivity index (χ3v) is 9.12. The zero-order chi connectivity index (χ0) is 29.2. The van der Waals surface area contributed by atoms with Crippen LogP contribution in [0.15, 0.2) is 55.1 Å². The SMILES string of the molecule is C=CC(=O)N1CCN(c2nc(N3CCCC(N(C)C)C3)nc3c2CCN(c2cccc4ccccc24)C3)C[C@@H]1CC#N. The number of aromatic nitrogens is 2. The average molecular weight is 565 g/mol. The summed E-state index contributed by atoms with van der Waals surface area (Å²) in [6.45, 7) is 8.88. The Balaban J connectivity index is 1.38. The summed E-state index contributed by atoms with van der Waals surface area (Å²) >= 11 is 0. The molecule has 2 atom stereocenters. The molecular formula is C33H40N8O. The number of anilines is 3. The van der Waals surface area contributed by atoms with Crippen molar-refractivity contribution in [3.8, 4) is 6.07 Å². The summed E-state index contributed by atoms with van der Waals surface area (Å²) in [5, 5.41) is 12.1. The van der Waals surface area contributed by atoms with Gasteiger partial charge in [0.1, 0.15) is 5.82 Å². The first-order valence-corrected chi connectivity index (χ1v) is 15.1. The molecule has 0 spiro atoms. The predicted octanol–water partition coefficient (Wildman–Crippen LogP) is 3.84. The molecule has 9 heteroatoms. The van der Waals surface area contributed by atoms with Crippen LogP contribution in [-0.4, -0.2) is 91.1 Å². The number of piperazine rings is 1. The minimum atomic E-state index is -0.202. The van der Waals surface area contributed by atoms with E-state index < -0.39 is 0 Å². The molecule has 0 radical (unpaired) electrons. The number of carbonyl (C=O) groups excluding carboxylic acids is 1. The van der Waals surface area contributed by atoms with Gasteiger partial charge in [0.2, 0.25) is 11.9 Å². The van der Waals surface area contributed by atoms with Crippen molar-refractivity contribution in [1.29, 1.82) is 5.26 Å². The topological polar surface area (TPSA) is 82.8 Å². The molecule has 3 aliphatic rings. The van der Waals surface area contributed by atoms with Gasteiger partial charge in [-0.1, -0.05) is 43.0 Å². The van der Waals surface area contributed by atoms with Crippen LogP contribution in [0.1, 0.15) is 30.5 Å². The Bertz CT molecular complexity index is 1510. The number of nitrogens with zero attached hydrogens (tertiary/aromatic N) is 8. The van der Waals surface area contributed by atoms with Crippen LogP contribution >= 0.6 is 0 Å². The zero-order valence-corrected chi connectivity index (χ0v) is 24.7. The van der Waals surface area contributed by atoms with E-state index in [0.29, 0.717) is 32.2 Å². The van der Waals surface area contributed by atoms with Crippen molar-refractivity contribution in [3.05, 3.63) is 66.4 Å². The van der Waals surface area contributed by atoms with E-state index in [1.807, 2.05) is 0 Å². The van der Waals surface area contributed by atoms with E-state index in [-0.39, 0.29) is 18.4 Å². The van der Waals surface area contributed by atoms with Gasteiger partial charge >= 0.3 is 0 Å². The molecule has 2 saturated heterocycles. The molecule has 1 amide bonds. The third-order valence-electron chi connectivity index (χ3n) is 9.12. The largest absolute Gasteiger partial charge is 0.365 e. The summed E-state index contributed by atoms with van der Waals surface area (Å²) in [6.07, 6.45) is 4.74. The van der Waals surface area contributed by atoms with E-state index in [4.69, 9.17) is 9.97 Å². The standard InChI is InChI=1S/C33H40N8O/c1-4-31(42)41-20-19-39(22-26(41)14-16-34)32-28-15-18-38(30-13-7-10-24-9-5-6-12-27(24)30)23-29(28)35-33(36-32)40-17-8-11-25(21-40)37(2)3/h4-7,9-10,12-13,25-26H,1,8,11,14-15,17-23H2,2-3H3/t25?,26-/m0/s1. The van der Waals surface area contributed by atoms with Crippen LogP contribution in [0, 0.1) is 11.3 Å². The molecule has 2 fully saturated rings. The first kappa shape index (κ1) is 28.0. The van der Waals surface area contributed by atoms with Gasteiger partial charge in [-0.3, -0.25) is 4.79 Å². The van der Waals surface area contributed by atoms with Crippen molar-refractivity contribution in [2.75, 3.05) is 68.1 Å². The van der Waals surface area contributed by atoms with Crippen molar-refractivity contribution < 1.29 is 4.79 Å². The molecule has 6 rings (SSSR count). The predicted molar refractivity (Wildman–Crippen MR) is 168 cm³/mol. The number of fused-ring (bicyclic) bond motifs is 2. The number of hydrogen-bond acceptors (Lipinski definition) is 8. The summed E-state index contributed by atoms with van der Waals surface area (Å²) in [5.74, 6) is 1.64. The summed E-state index contributed by atoms with van der Waals surface area (Å²) in [7, 11) is 4.30. The van der Waals surface area contributed by atoms with E-state index in [0.717, 1.165) is 49.9 Å². The van der Waals surface area contributed by atoms with Crippen molar-refractivity contribution in [1.82, 2.24) is 19.8 Å². The Hall–Kier alpha value is -4.16. The summed E-state index contributed by atoms with van der Waals surface area (Å²) < 4.78 is 0. The van der Waals surface area contributed by atoms with Gasteiger partial charge in [0.15, 0.2) is 0 Å². The molecule has 0 aliphatic carbocycles. The first-order valence-electron chi connectivity index (χ1n) is 15.1. The lowest BCUT2D eigenvalue weighted by Crippen LogP contribution is -2.55. The second-order valence-electron chi connectivity index (χ2n) is 11.8. The molecule has 4 heterocycles. The van der Waals surface area contributed by atoms with Gasteiger partial charge in [-0.2, -0.15) is 10.2 Å². The number of carbonyl (C=O) groups is 1. The Morgan fingerprint density at radius 2 is 1.88 bits per heavy atom. The fourth-order valence-electron chi connectivity index (χ4n) is 6.78. The smallest absolute Gasteiger partial charge is 0.246 e.